The number of nitrogens with one attached hydrogen (secondary N) is 1. The van der Waals surface area contributed by atoms with Crippen molar-refractivity contribution in [2.24, 2.45) is 0 Å². The maximum Gasteiger partial charge on any atom is 0.344 e. The molecule has 2 aromatic carbocycles. The van der Waals surface area contributed by atoms with Gasteiger partial charge in [0.25, 0.3) is 11.6 Å². The second-order valence-electron chi connectivity index (χ2n) is 5.34. The van der Waals surface area contributed by atoms with E-state index in [1.807, 2.05) is 0 Å². The zero-order valence-electron chi connectivity index (χ0n) is 14.7. The molecule has 0 aromatic heterocycles. The van der Waals surface area contributed by atoms with Crippen LogP contribution in [0, 0.1) is 10.1 Å². The van der Waals surface area contributed by atoms with Gasteiger partial charge in [-0.3, -0.25) is 14.9 Å². The fourth-order valence-electron chi connectivity index (χ4n) is 2.13. The molecule has 2 aromatic rings. The van der Waals surface area contributed by atoms with E-state index < -0.39 is 29.5 Å². The van der Waals surface area contributed by atoms with Gasteiger partial charge >= 0.3 is 5.97 Å². The standard InChI is InChI=1S/C18H18N2O7/c1-12(18(22)19-13-7-3-4-8-14(13)20(23)24)27-17(21)11-26-16-10-6-5-9-15(16)25-2/h3-10,12H,11H2,1-2H3,(H,19,22). The molecule has 1 unspecified atom stereocenters. The lowest BCUT2D eigenvalue weighted by molar-refractivity contribution is -0.383. The maximum absolute atomic E-state index is 12.1. The first kappa shape index (κ1) is 19.7. The fourth-order valence-corrected chi connectivity index (χ4v) is 2.13. The summed E-state index contributed by atoms with van der Waals surface area (Å²) in [6.07, 6.45) is -1.17. The highest BCUT2D eigenvalue weighted by Gasteiger charge is 2.22. The number of benzene rings is 2. The quantitative estimate of drug-likeness (QED) is 0.429. The van der Waals surface area contributed by atoms with E-state index in [-0.39, 0.29) is 11.4 Å². The Hall–Kier alpha value is -3.62. The number of nitrogens with zero attached hydrogens (tertiary/aromatic N) is 1. The Bertz CT molecular complexity index is 838. The molecule has 1 N–H and O–H groups in total. The van der Waals surface area contributed by atoms with E-state index in [4.69, 9.17) is 14.2 Å². The van der Waals surface area contributed by atoms with Crippen LogP contribution in [0.3, 0.4) is 0 Å². The van der Waals surface area contributed by atoms with Gasteiger partial charge in [0.1, 0.15) is 5.69 Å². The monoisotopic (exact) mass is 374 g/mol. The predicted molar refractivity (Wildman–Crippen MR) is 95.8 cm³/mol. The van der Waals surface area contributed by atoms with Gasteiger partial charge in [0.15, 0.2) is 24.2 Å². The fraction of sp³-hybridized carbons (Fsp3) is 0.222. The first-order chi connectivity index (χ1) is 12.9. The molecule has 9 nitrogen and oxygen atoms in total. The summed E-state index contributed by atoms with van der Waals surface area (Å²) in [5, 5.41) is 13.3. The van der Waals surface area contributed by atoms with Crippen LogP contribution in [-0.4, -0.2) is 36.6 Å². The summed E-state index contributed by atoms with van der Waals surface area (Å²) < 4.78 is 15.4. The number of carbonyl (C=O) groups is 2. The van der Waals surface area contributed by atoms with E-state index in [9.17, 15) is 19.7 Å². The molecular weight excluding hydrogens is 356 g/mol. The number of rotatable bonds is 8. The van der Waals surface area contributed by atoms with Gasteiger partial charge in [0.2, 0.25) is 0 Å². The number of nitro benzene ring substituents is 1. The minimum absolute atomic E-state index is 0.0145. The molecule has 0 saturated carbocycles. The zero-order valence-corrected chi connectivity index (χ0v) is 14.7. The van der Waals surface area contributed by atoms with Crippen molar-refractivity contribution in [1.82, 2.24) is 0 Å². The number of hydrogen-bond acceptors (Lipinski definition) is 7. The van der Waals surface area contributed by atoms with Gasteiger partial charge in [-0.1, -0.05) is 24.3 Å². The largest absolute Gasteiger partial charge is 0.493 e. The number of hydrogen-bond donors (Lipinski definition) is 1. The van der Waals surface area contributed by atoms with Crippen LogP contribution in [0.5, 0.6) is 11.5 Å². The SMILES string of the molecule is COc1ccccc1OCC(=O)OC(C)C(=O)Nc1ccccc1[N+](=O)[O-]. The maximum atomic E-state index is 12.1. The first-order valence-corrected chi connectivity index (χ1v) is 7.92. The minimum atomic E-state index is -1.17. The third kappa shape index (κ3) is 5.43. The van der Waals surface area contributed by atoms with Crippen molar-refractivity contribution in [3.8, 4) is 11.5 Å². The van der Waals surface area contributed by atoms with E-state index in [0.717, 1.165) is 0 Å². The Morgan fingerprint density at radius 1 is 1.11 bits per heavy atom. The van der Waals surface area contributed by atoms with Crippen molar-refractivity contribution in [2.45, 2.75) is 13.0 Å². The number of ether oxygens (including phenoxy) is 3. The van der Waals surface area contributed by atoms with Crippen molar-refractivity contribution in [1.29, 1.82) is 0 Å². The summed E-state index contributed by atoms with van der Waals surface area (Å²) in [5.41, 5.74) is -0.246. The molecule has 1 amide bonds. The highest BCUT2D eigenvalue weighted by molar-refractivity contribution is 5.96. The van der Waals surface area contributed by atoms with Crippen LogP contribution in [0.15, 0.2) is 48.5 Å². The molecule has 9 heteroatoms. The molecule has 0 bridgehead atoms. The van der Waals surface area contributed by atoms with Crippen molar-refractivity contribution >= 4 is 23.3 Å². The van der Waals surface area contributed by atoms with Gasteiger partial charge in [0, 0.05) is 6.07 Å². The second kappa shape index (κ2) is 9.18. The number of nitro groups is 1. The average molecular weight is 374 g/mol. The van der Waals surface area contributed by atoms with Gasteiger partial charge in [0.05, 0.1) is 12.0 Å². The van der Waals surface area contributed by atoms with Crippen LogP contribution in [0.4, 0.5) is 11.4 Å². The minimum Gasteiger partial charge on any atom is -0.493 e. The number of para-hydroxylation sites is 4. The summed E-state index contributed by atoms with van der Waals surface area (Å²) in [6, 6.07) is 12.4. The Morgan fingerprint density at radius 3 is 2.41 bits per heavy atom. The Balaban J connectivity index is 1.90. The third-order valence-corrected chi connectivity index (χ3v) is 3.45. The van der Waals surface area contributed by atoms with Crippen LogP contribution in [0.1, 0.15) is 6.92 Å². The molecule has 0 radical (unpaired) electrons. The molecule has 2 rings (SSSR count). The molecule has 1 atom stereocenters. The Labute approximate surface area is 155 Å². The van der Waals surface area contributed by atoms with E-state index in [0.29, 0.717) is 11.5 Å². The second-order valence-corrected chi connectivity index (χ2v) is 5.34. The highest BCUT2D eigenvalue weighted by atomic mass is 16.6. The molecule has 0 fully saturated rings. The smallest absolute Gasteiger partial charge is 0.344 e. The molecule has 0 spiro atoms. The van der Waals surface area contributed by atoms with E-state index in [2.05, 4.69) is 5.32 Å². The van der Waals surface area contributed by atoms with Crippen molar-refractivity contribution in [3.63, 3.8) is 0 Å². The van der Waals surface area contributed by atoms with Gasteiger partial charge < -0.3 is 19.5 Å². The summed E-state index contributed by atoms with van der Waals surface area (Å²) in [6.45, 7) is 0.925. The molecule has 0 aliphatic carbocycles. The van der Waals surface area contributed by atoms with Crippen LogP contribution >= 0.6 is 0 Å². The number of carbonyl (C=O) groups excluding carboxylic acids is 2. The van der Waals surface area contributed by atoms with Gasteiger partial charge in [-0.05, 0) is 25.1 Å². The summed E-state index contributed by atoms with van der Waals surface area (Å²) in [7, 11) is 1.47. The number of amides is 1. The first-order valence-electron chi connectivity index (χ1n) is 7.92. The molecule has 142 valence electrons. The summed E-state index contributed by atoms with van der Waals surface area (Å²) in [5.74, 6) is -0.664. The average Bonchev–Trinajstić information content (AvgIpc) is 2.66. The number of anilines is 1. The molecule has 0 aliphatic rings. The Morgan fingerprint density at radius 2 is 1.74 bits per heavy atom. The van der Waals surface area contributed by atoms with E-state index in [1.54, 1.807) is 30.3 Å². The van der Waals surface area contributed by atoms with Gasteiger partial charge in [-0.25, -0.2) is 4.79 Å². The van der Waals surface area contributed by atoms with Crippen LogP contribution in [-0.2, 0) is 14.3 Å². The zero-order chi connectivity index (χ0) is 19.8. The molecular formula is C18H18N2O7. The Kier molecular flexibility index (Phi) is 6.70. The molecule has 27 heavy (non-hydrogen) atoms. The summed E-state index contributed by atoms with van der Waals surface area (Å²) >= 11 is 0. The van der Waals surface area contributed by atoms with E-state index in [1.165, 1.54) is 32.2 Å². The van der Waals surface area contributed by atoms with Gasteiger partial charge in [-0.2, -0.15) is 0 Å². The topological polar surface area (TPSA) is 117 Å². The third-order valence-electron chi connectivity index (χ3n) is 3.45. The van der Waals surface area contributed by atoms with Crippen LogP contribution in [0.25, 0.3) is 0 Å². The molecule has 0 heterocycles. The lowest BCUT2D eigenvalue weighted by Gasteiger charge is -2.14. The van der Waals surface area contributed by atoms with Crippen LogP contribution in [0.2, 0.25) is 0 Å². The van der Waals surface area contributed by atoms with Crippen molar-refractivity contribution in [3.05, 3.63) is 58.6 Å². The van der Waals surface area contributed by atoms with Crippen molar-refractivity contribution in [2.75, 3.05) is 19.0 Å². The number of methoxy groups -OCH3 is 1. The van der Waals surface area contributed by atoms with Crippen molar-refractivity contribution < 1.29 is 28.7 Å². The molecule has 0 saturated heterocycles. The van der Waals surface area contributed by atoms with Gasteiger partial charge in [-0.15, -0.1) is 0 Å². The number of esters is 1. The normalized spacial score (nSPS) is 11.2. The predicted octanol–water partition coefficient (Wildman–Crippen LogP) is 2.55. The summed E-state index contributed by atoms with van der Waals surface area (Å²) in [4.78, 5) is 34.4. The lowest BCUT2D eigenvalue weighted by atomic mass is 10.2. The lowest BCUT2D eigenvalue weighted by Crippen LogP contribution is -2.31. The van der Waals surface area contributed by atoms with E-state index >= 15 is 0 Å². The highest BCUT2D eigenvalue weighted by Crippen LogP contribution is 2.26. The van der Waals surface area contributed by atoms with Crippen LogP contribution < -0.4 is 14.8 Å². The molecule has 0 aliphatic heterocycles.